The van der Waals surface area contributed by atoms with Gasteiger partial charge in [-0.2, -0.15) is 0 Å². The van der Waals surface area contributed by atoms with Crippen LogP contribution in [0.25, 0.3) is 16.5 Å². The summed E-state index contributed by atoms with van der Waals surface area (Å²) in [4.78, 5) is 28.0. The average molecular weight is 484 g/mol. The van der Waals surface area contributed by atoms with Crippen LogP contribution in [0.5, 0.6) is 5.75 Å². The lowest BCUT2D eigenvalue weighted by atomic mass is 9.94. The highest BCUT2D eigenvalue weighted by Crippen LogP contribution is 2.42. The van der Waals surface area contributed by atoms with Gasteiger partial charge in [0.05, 0.1) is 18.2 Å². The summed E-state index contributed by atoms with van der Waals surface area (Å²) >= 11 is 6.06. The Morgan fingerprint density at radius 2 is 1.60 bits per heavy atom. The summed E-state index contributed by atoms with van der Waals surface area (Å²) in [5, 5.41) is 13.8. The number of carbonyl (C=O) groups excluding carboxylic acids is 2. The lowest BCUT2D eigenvalue weighted by Gasteiger charge is -2.25. The third-order valence-corrected chi connectivity index (χ3v) is 6.33. The largest absolute Gasteiger partial charge is 0.507 e. The molecule has 35 heavy (non-hydrogen) atoms. The lowest BCUT2D eigenvalue weighted by molar-refractivity contribution is -0.132. The molecule has 0 bridgehead atoms. The zero-order valence-corrected chi connectivity index (χ0v) is 19.7. The molecule has 0 saturated carbocycles. The van der Waals surface area contributed by atoms with Crippen molar-refractivity contribution in [2.45, 2.75) is 13.0 Å². The van der Waals surface area contributed by atoms with E-state index in [1.54, 1.807) is 54.6 Å². The molecule has 1 fully saturated rings. The Morgan fingerprint density at radius 1 is 0.914 bits per heavy atom. The fourth-order valence-corrected chi connectivity index (χ4v) is 4.55. The fourth-order valence-electron chi connectivity index (χ4n) is 4.42. The first-order chi connectivity index (χ1) is 17.0. The number of rotatable bonds is 5. The van der Waals surface area contributed by atoms with Crippen LogP contribution in [0, 0.1) is 0 Å². The highest BCUT2D eigenvalue weighted by molar-refractivity contribution is 6.51. The summed E-state index contributed by atoms with van der Waals surface area (Å²) in [5.41, 5.74) is 1.68. The van der Waals surface area contributed by atoms with Crippen LogP contribution in [-0.4, -0.2) is 23.4 Å². The summed E-state index contributed by atoms with van der Waals surface area (Å²) in [7, 11) is 0. The number of fused-ring (bicyclic) bond motifs is 1. The van der Waals surface area contributed by atoms with Crippen molar-refractivity contribution in [2.24, 2.45) is 0 Å². The minimum atomic E-state index is -0.821. The number of hydrogen-bond donors (Lipinski definition) is 1. The Bertz CT molecular complexity index is 1460. The second kappa shape index (κ2) is 9.28. The summed E-state index contributed by atoms with van der Waals surface area (Å²) in [6.07, 6.45) is 0. The standard InChI is InChI=1S/C29H22ClNO4/c1-2-35-24-15-9-19(10-16-24)26-25(27(32)21-8-7-18-5-3-4-6-20(18)17-21)28(33)29(34)31(26)23-13-11-22(30)12-14-23/h3-17,26,32H,2H2,1H3/b27-25-. The maximum absolute atomic E-state index is 13.3. The minimum absolute atomic E-state index is 0.0318. The van der Waals surface area contributed by atoms with Gasteiger partial charge in [0, 0.05) is 16.3 Å². The Balaban J connectivity index is 1.69. The van der Waals surface area contributed by atoms with Gasteiger partial charge in [0.25, 0.3) is 11.7 Å². The number of aliphatic hydroxyl groups is 1. The maximum atomic E-state index is 13.3. The first-order valence-corrected chi connectivity index (χ1v) is 11.6. The van der Waals surface area contributed by atoms with Crippen LogP contribution >= 0.6 is 11.6 Å². The number of Topliss-reactive ketones (excluding diaryl/α,β-unsaturated/α-hetero) is 1. The molecule has 1 atom stereocenters. The predicted molar refractivity (Wildman–Crippen MR) is 138 cm³/mol. The van der Waals surface area contributed by atoms with E-state index in [1.807, 2.05) is 43.3 Å². The molecule has 4 aromatic rings. The summed E-state index contributed by atoms with van der Waals surface area (Å²) in [5.74, 6) is -1.00. The van der Waals surface area contributed by atoms with Crippen molar-refractivity contribution >= 4 is 45.5 Å². The monoisotopic (exact) mass is 483 g/mol. The number of aliphatic hydroxyl groups excluding tert-OH is 1. The first-order valence-electron chi connectivity index (χ1n) is 11.3. The third-order valence-electron chi connectivity index (χ3n) is 6.08. The molecule has 0 aliphatic carbocycles. The lowest BCUT2D eigenvalue weighted by Crippen LogP contribution is -2.29. The molecule has 1 aliphatic rings. The van der Waals surface area contributed by atoms with E-state index in [-0.39, 0.29) is 11.3 Å². The van der Waals surface area contributed by atoms with E-state index in [9.17, 15) is 14.7 Å². The zero-order chi connectivity index (χ0) is 24.5. The molecule has 1 aliphatic heterocycles. The highest BCUT2D eigenvalue weighted by Gasteiger charge is 2.47. The van der Waals surface area contributed by atoms with E-state index in [0.717, 1.165) is 10.8 Å². The Hall–Kier alpha value is -4.09. The van der Waals surface area contributed by atoms with Crippen LogP contribution in [0.4, 0.5) is 5.69 Å². The molecule has 1 unspecified atom stereocenters. The van der Waals surface area contributed by atoms with Crippen molar-refractivity contribution in [3.63, 3.8) is 0 Å². The molecular weight excluding hydrogens is 462 g/mol. The van der Waals surface area contributed by atoms with Crippen LogP contribution < -0.4 is 9.64 Å². The van der Waals surface area contributed by atoms with Gasteiger partial charge in [-0.1, -0.05) is 60.1 Å². The van der Waals surface area contributed by atoms with Gasteiger partial charge in [-0.25, -0.2) is 0 Å². The smallest absolute Gasteiger partial charge is 0.300 e. The minimum Gasteiger partial charge on any atom is -0.507 e. The van der Waals surface area contributed by atoms with E-state index >= 15 is 0 Å². The van der Waals surface area contributed by atoms with Crippen LogP contribution in [0.2, 0.25) is 5.02 Å². The normalized spacial score (nSPS) is 17.2. The van der Waals surface area contributed by atoms with Gasteiger partial charge in [-0.15, -0.1) is 0 Å². The Morgan fingerprint density at radius 3 is 2.29 bits per heavy atom. The van der Waals surface area contributed by atoms with Crippen LogP contribution in [0.15, 0.2) is 96.6 Å². The van der Waals surface area contributed by atoms with Gasteiger partial charge < -0.3 is 9.84 Å². The van der Waals surface area contributed by atoms with Gasteiger partial charge in [0.1, 0.15) is 11.5 Å². The number of nitrogens with zero attached hydrogens (tertiary/aromatic N) is 1. The number of halogens is 1. The van der Waals surface area contributed by atoms with E-state index < -0.39 is 17.7 Å². The number of ether oxygens (including phenoxy) is 1. The average Bonchev–Trinajstić information content (AvgIpc) is 3.14. The van der Waals surface area contributed by atoms with Crippen LogP contribution in [0.3, 0.4) is 0 Å². The van der Waals surface area contributed by atoms with Crippen molar-refractivity contribution < 1.29 is 19.4 Å². The number of hydrogen-bond acceptors (Lipinski definition) is 4. The SMILES string of the molecule is CCOc1ccc(C2/C(=C(/O)c3ccc4ccccc4c3)C(=O)C(=O)N2c2ccc(Cl)cc2)cc1. The molecule has 1 N–H and O–H groups in total. The van der Waals surface area contributed by atoms with Crippen molar-refractivity contribution in [1.82, 2.24) is 0 Å². The summed E-state index contributed by atoms with van der Waals surface area (Å²) in [6, 6.07) is 26.3. The fraction of sp³-hybridized carbons (Fsp3) is 0.103. The summed E-state index contributed by atoms with van der Waals surface area (Å²) in [6.45, 7) is 2.41. The molecule has 1 saturated heterocycles. The van der Waals surface area contributed by atoms with Crippen LogP contribution in [0.1, 0.15) is 24.1 Å². The molecule has 0 aromatic heterocycles. The molecule has 0 spiro atoms. The number of benzene rings is 4. The van der Waals surface area contributed by atoms with Crippen LogP contribution in [-0.2, 0) is 9.59 Å². The van der Waals surface area contributed by atoms with E-state index in [0.29, 0.717) is 34.2 Å². The molecule has 5 nitrogen and oxygen atoms in total. The van der Waals surface area contributed by atoms with Crippen molar-refractivity contribution in [3.05, 3.63) is 113 Å². The second-order valence-electron chi connectivity index (χ2n) is 8.21. The predicted octanol–water partition coefficient (Wildman–Crippen LogP) is 6.52. The molecule has 1 amide bonds. The number of carbonyl (C=O) groups is 2. The topological polar surface area (TPSA) is 66.8 Å². The number of amides is 1. The molecule has 0 radical (unpaired) electrons. The van der Waals surface area contributed by atoms with Gasteiger partial charge in [-0.3, -0.25) is 14.5 Å². The zero-order valence-electron chi connectivity index (χ0n) is 18.9. The molecule has 1 heterocycles. The first kappa shape index (κ1) is 22.7. The van der Waals surface area contributed by atoms with Gasteiger partial charge >= 0.3 is 0 Å². The van der Waals surface area contributed by atoms with Crippen molar-refractivity contribution in [2.75, 3.05) is 11.5 Å². The number of anilines is 1. The third kappa shape index (κ3) is 4.15. The number of ketones is 1. The molecule has 5 rings (SSSR count). The van der Waals surface area contributed by atoms with Gasteiger partial charge in [-0.05, 0) is 65.7 Å². The quantitative estimate of drug-likeness (QED) is 0.199. The molecular formula is C29H22ClNO4. The van der Waals surface area contributed by atoms with Gasteiger partial charge in [0.2, 0.25) is 0 Å². The van der Waals surface area contributed by atoms with E-state index in [4.69, 9.17) is 16.3 Å². The molecule has 4 aromatic carbocycles. The Kier molecular flexibility index (Phi) is 6.01. The Labute approximate surface area is 207 Å². The molecule has 6 heteroatoms. The highest BCUT2D eigenvalue weighted by atomic mass is 35.5. The molecule has 174 valence electrons. The van der Waals surface area contributed by atoms with E-state index in [2.05, 4.69) is 0 Å². The van der Waals surface area contributed by atoms with Crippen molar-refractivity contribution in [1.29, 1.82) is 0 Å². The maximum Gasteiger partial charge on any atom is 0.300 e. The van der Waals surface area contributed by atoms with Gasteiger partial charge in [0.15, 0.2) is 0 Å². The second-order valence-corrected chi connectivity index (χ2v) is 8.65. The van der Waals surface area contributed by atoms with E-state index in [1.165, 1.54) is 4.90 Å². The summed E-state index contributed by atoms with van der Waals surface area (Å²) < 4.78 is 5.55. The van der Waals surface area contributed by atoms with Crippen molar-refractivity contribution in [3.8, 4) is 5.75 Å².